The van der Waals surface area contributed by atoms with Crippen LogP contribution in [0, 0.1) is 5.82 Å². The summed E-state index contributed by atoms with van der Waals surface area (Å²) in [4.78, 5) is 4.17. The van der Waals surface area contributed by atoms with Gasteiger partial charge in [0.05, 0.1) is 5.75 Å². The number of benzene rings is 1. The van der Waals surface area contributed by atoms with E-state index < -0.39 is 12.4 Å². The Morgan fingerprint density at radius 2 is 2.17 bits per heavy atom. The molecule has 0 spiro atoms. The van der Waals surface area contributed by atoms with E-state index in [2.05, 4.69) is 4.98 Å². The molecule has 1 aromatic carbocycles. The van der Waals surface area contributed by atoms with E-state index in [9.17, 15) is 13.2 Å². The van der Waals surface area contributed by atoms with E-state index in [0.29, 0.717) is 10.6 Å². The molecule has 0 fully saturated rings. The van der Waals surface area contributed by atoms with Gasteiger partial charge in [-0.2, -0.15) is 8.78 Å². The van der Waals surface area contributed by atoms with Gasteiger partial charge in [0, 0.05) is 23.0 Å². The van der Waals surface area contributed by atoms with Crippen molar-refractivity contribution in [2.45, 2.75) is 17.2 Å². The van der Waals surface area contributed by atoms with Crippen LogP contribution in [0.2, 0.25) is 0 Å². The Kier molecular flexibility index (Phi) is 3.81. The third-order valence-electron chi connectivity index (χ3n) is 2.27. The molecular weight excluding hydrogens is 263 g/mol. The zero-order valence-electron chi connectivity index (χ0n) is 9.19. The Morgan fingerprint density at radius 1 is 1.39 bits per heavy atom. The van der Waals surface area contributed by atoms with E-state index in [4.69, 9.17) is 5.73 Å². The molecule has 2 N–H and O–H groups in total. The first kappa shape index (κ1) is 12.8. The molecule has 96 valence electrons. The van der Waals surface area contributed by atoms with Crippen LogP contribution in [0.3, 0.4) is 0 Å². The first-order valence-electron chi connectivity index (χ1n) is 5.05. The molecule has 0 unspecified atom stereocenters. The summed E-state index contributed by atoms with van der Waals surface area (Å²) in [7, 11) is 0. The van der Waals surface area contributed by atoms with E-state index in [1.54, 1.807) is 6.07 Å². The molecule has 0 aliphatic carbocycles. The van der Waals surface area contributed by atoms with Crippen LogP contribution < -0.4 is 5.73 Å². The molecule has 0 amide bonds. The lowest BCUT2D eigenvalue weighted by atomic mass is 10.3. The minimum atomic E-state index is -2.64. The van der Waals surface area contributed by atoms with Crippen LogP contribution in [0.25, 0.3) is 0 Å². The Morgan fingerprint density at radius 3 is 2.83 bits per heavy atom. The monoisotopic (exact) mass is 273 g/mol. The molecule has 0 saturated carbocycles. The first-order valence-corrected chi connectivity index (χ1v) is 6.04. The number of aromatic nitrogens is 2. The molecule has 0 aliphatic rings. The molecule has 0 aliphatic heterocycles. The van der Waals surface area contributed by atoms with Gasteiger partial charge in [-0.15, -0.1) is 11.8 Å². The molecule has 7 heteroatoms. The summed E-state index contributed by atoms with van der Waals surface area (Å²) in [6.07, 6.45) is 2.49. The Balaban J connectivity index is 2.09. The number of hydrogen-bond donors (Lipinski definition) is 1. The second-order valence-electron chi connectivity index (χ2n) is 3.51. The number of imidazole rings is 1. The van der Waals surface area contributed by atoms with Gasteiger partial charge in [0.1, 0.15) is 11.6 Å². The van der Waals surface area contributed by atoms with Crippen molar-refractivity contribution in [3.05, 3.63) is 42.2 Å². The quantitative estimate of drug-likeness (QED) is 0.686. The van der Waals surface area contributed by atoms with Crippen LogP contribution >= 0.6 is 11.8 Å². The molecule has 0 bridgehead atoms. The van der Waals surface area contributed by atoms with E-state index in [0.717, 1.165) is 16.3 Å². The molecule has 3 nitrogen and oxygen atoms in total. The van der Waals surface area contributed by atoms with Crippen molar-refractivity contribution >= 4 is 17.4 Å². The van der Waals surface area contributed by atoms with Crippen LogP contribution in [-0.2, 0) is 5.75 Å². The topological polar surface area (TPSA) is 43.8 Å². The summed E-state index contributed by atoms with van der Waals surface area (Å²) >= 11 is 1.10. The predicted molar refractivity (Wildman–Crippen MR) is 63.9 cm³/mol. The van der Waals surface area contributed by atoms with E-state index in [1.165, 1.54) is 24.5 Å². The van der Waals surface area contributed by atoms with Gasteiger partial charge in [-0.1, -0.05) is 0 Å². The molecular formula is C11H10F3N3S. The van der Waals surface area contributed by atoms with E-state index in [1.807, 2.05) is 0 Å². The van der Waals surface area contributed by atoms with Gasteiger partial charge in [0.25, 0.3) is 0 Å². The third kappa shape index (κ3) is 2.79. The fourth-order valence-corrected chi connectivity index (χ4v) is 2.28. The summed E-state index contributed by atoms with van der Waals surface area (Å²) in [6.45, 7) is -2.64. The lowest BCUT2D eigenvalue weighted by Gasteiger charge is -2.07. The molecule has 0 atom stereocenters. The van der Waals surface area contributed by atoms with Gasteiger partial charge in [0.2, 0.25) is 0 Å². The van der Waals surface area contributed by atoms with Crippen molar-refractivity contribution < 1.29 is 13.2 Å². The summed E-state index contributed by atoms with van der Waals surface area (Å²) in [6, 6.07) is 4.28. The molecule has 1 heterocycles. The number of nitrogens with zero attached hydrogens (tertiary/aromatic N) is 2. The van der Waals surface area contributed by atoms with Crippen molar-refractivity contribution in [3.63, 3.8) is 0 Å². The van der Waals surface area contributed by atoms with Crippen molar-refractivity contribution in [2.24, 2.45) is 0 Å². The van der Waals surface area contributed by atoms with Crippen molar-refractivity contribution in [2.75, 3.05) is 5.73 Å². The Bertz CT molecular complexity index is 542. The second kappa shape index (κ2) is 5.34. The van der Waals surface area contributed by atoms with Gasteiger partial charge >= 0.3 is 6.55 Å². The Labute approximate surface area is 106 Å². The number of thioether (sulfide) groups is 1. The van der Waals surface area contributed by atoms with Gasteiger partial charge in [-0.25, -0.2) is 9.37 Å². The summed E-state index contributed by atoms with van der Waals surface area (Å²) < 4.78 is 39.3. The largest absolute Gasteiger partial charge is 0.399 e. The summed E-state index contributed by atoms with van der Waals surface area (Å²) in [5.74, 6) is -0.0978. The lowest BCUT2D eigenvalue weighted by Crippen LogP contribution is -2.02. The normalized spacial score (nSPS) is 11.1. The minimum Gasteiger partial charge on any atom is -0.399 e. The fraction of sp³-hybridized carbons (Fsp3) is 0.182. The number of nitrogens with two attached hydrogens (primary N) is 1. The highest BCUT2D eigenvalue weighted by Crippen LogP contribution is 2.27. The summed E-state index contributed by atoms with van der Waals surface area (Å²) in [5.41, 5.74) is 5.74. The maximum atomic E-state index is 13.5. The van der Waals surface area contributed by atoms with Crippen LogP contribution in [0.5, 0.6) is 0 Å². The van der Waals surface area contributed by atoms with Crippen molar-refractivity contribution in [1.29, 1.82) is 0 Å². The van der Waals surface area contributed by atoms with Crippen LogP contribution in [0.1, 0.15) is 12.4 Å². The average molecular weight is 273 g/mol. The highest BCUT2D eigenvalue weighted by atomic mass is 32.2. The molecule has 2 rings (SSSR count). The molecule has 0 saturated heterocycles. The van der Waals surface area contributed by atoms with Crippen molar-refractivity contribution in [1.82, 2.24) is 9.55 Å². The van der Waals surface area contributed by atoms with Gasteiger partial charge in [0.15, 0.2) is 0 Å². The van der Waals surface area contributed by atoms with E-state index >= 15 is 0 Å². The van der Waals surface area contributed by atoms with E-state index in [-0.39, 0.29) is 11.6 Å². The third-order valence-corrected chi connectivity index (χ3v) is 3.32. The number of rotatable bonds is 4. The highest BCUT2D eigenvalue weighted by Gasteiger charge is 2.12. The first-order chi connectivity index (χ1) is 8.58. The molecule has 0 radical (unpaired) electrons. The lowest BCUT2D eigenvalue weighted by molar-refractivity contribution is 0.0678. The number of alkyl halides is 2. The van der Waals surface area contributed by atoms with Crippen LogP contribution in [0.4, 0.5) is 18.9 Å². The number of halogens is 3. The summed E-state index contributed by atoms with van der Waals surface area (Å²) in [5, 5.41) is 0. The molecule has 2 aromatic rings. The molecule has 1 aromatic heterocycles. The minimum absolute atomic E-state index is 0.165. The maximum absolute atomic E-state index is 13.5. The molecule has 18 heavy (non-hydrogen) atoms. The highest BCUT2D eigenvalue weighted by molar-refractivity contribution is 7.98. The van der Waals surface area contributed by atoms with Crippen LogP contribution in [0.15, 0.2) is 35.5 Å². The SMILES string of the molecule is Nc1ccc(SCc2nccn2C(F)F)c(F)c1. The van der Waals surface area contributed by atoms with Gasteiger partial charge in [-0.05, 0) is 18.2 Å². The number of nitrogen functional groups attached to an aromatic ring is 1. The zero-order valence-corrected chi connectivity index (χ0v) is 10.0. The van der Waals surface area contributed by atoms with Gasteiger partial charge in [-0.3, -0.25) is 4.57 Å². The predicted octanol–water partition coefficient (Wildman–Crippen LogP) is 3.29. The van der Waals surface area contributed by atoms with Crippen LogP contribution in [-0.4, -0.2) is 9.55 Å². The smallest absolute Gasteiger partial charge is 0.319 e. The average Bonchev–Trinajstić information content (AvgIpc) is 2.76. The Hall–Kier alpha value is -1.63. The standard InChI is InChI=1S/C11H10F3N3S/c12-8-5-7(15)1-2-9(8)18-6-10-16-3-4-17(10)11(13)14/h1-5,11H,6,15H2. The second-order valence-corrected chi connectivity index (χ2v) is 4.52. The van der Waals surface area contributed by atoms with Crippen molar-refractivity contribution in [3.8, 4) is 0 Å². The number of anilines is 1. The van der Waals surface area contributed by atoms with Gasteiger partial charge < -0.3 is 5.73 Å². The zero-order chi connectivity index (χ0) is 13.1. The number of hydrogen-bond acceptors (Lipinski definition) is 3. The maximum Gasteiger partial charge on any atom is 0.319 e. The fourth-order valence-electron chi connectivity index (χ4n) is 1.41.